The number of halogens is 1. The van der Waals surface area contributed by atoms with Crippen LogP contribution in [0.4, 0.5) is 17.2 Å². The summed E-state index contributed by atoms with van der Waals surface area (Å²) in [6.45, 7) is 6.40. The molecule has 2 rings (SSSR count). The van der Waals surface area contributed by atoms with Crippen LogP contribution in [0.1, 0.15) is 30.9 Å². The molecule has 2 aromatic rings. The molecular formula is C15H18ClN3. The van der Waals surface area contributed by atoms with E-state index >= 15 is 0 Å². The van der Waals surface area contributed by atoms with E-state index in [-0.39, 0.29) is 0 Å². The zero-order valence-electron chi connectivity index (χ0n) is 11.4. The van der Waals surface area contributed by atoms with E-state index in [0.29, 0.717) is 22.4 Å². The smallest absolute Gasteiger partial charge is 0.149 e. The predicted octanol–water partition coefficient (Wildman–Crippen LogP) is 4.49. The highest BCUT2D eigenvalue weighted by Crippen LogP contribution is 2.32. The Kier molecular flexibility index (Phi) is 3.96. The molecule has 1 aromatic carbocycles. The minimum Gasteiger partial charge on any atom is -0.397 e. The Morgan fingerprint density at radius 3 is 2.68 bits per heavy atom. The van der Waals surface area contributed by atoms with Crippen molar-refractivity contribution < 1.29 is 0 Å². The SMILES string of the molecule is Cc1cccc(C(C)C)c1Nc1ncc(N)cc1Cl. The highest BCUT2D eigenvalue weighted by molar-refractivity contribution is 6.33. The fraction of sp³-hybridized carbons (Fsp3) is 0.267. The monoisotopic (exact) mass is 275 g/mol. The second-order valence-electron chi connectivity index (χ2n) is 4.92. The third-order valence-electron chi connectivity index (χ3n) is 3.03. The number of nitrogens with two attached hydrogens (primary N) is 1. The van der Waals surface area contributed by atoms with Crippen LogP contribution < -0.4 is 11.1 Å². The lowest BCUT2D eigenvalue weighted by Gasteiger charge is -2.17. The number of hydrogen-bond acceptors (Lipinski definition) is 3. The first-order valence-corrected chi connectivity index (χ1v) is 6.64. The molecule has 0 atom stereocenters. The number of pyridine rings is 1. The normalized spacial score (nSPS) is 10.8. The van der Waals surface area contributed by atoms with Crippen molar-refractivity contribution in [2.45, 2.75) is 26.7 Å². The maximum atomic E-state index is 6.16. The largest absolute Gasteiger partial charge is 0.397 e. The van der Waals surface area contributed by atoms with Crippen LogP contribution in [-0.4, -0.2) is 4.98 Å². The molecule has 4 heteroatoms. The molecule has 0 saturated heterocycles. The van der Waals surface area contributed by atoms with Crippen LogP contribution in [0.5, 0.6) is 0 Å². The zero-order valence-corrected chi connectivity index (χ0v) is 12.1. The molecular weight excluding hydrogens is 258 g/mol. The van der Waals surface area contributed by atoms with Gasteiger partial charge in [0.05, 0.1) is 16.9 Å². The topological polar surface area (TPSA) is 50.9 Å². The van der Waals surface area contributed by atoms with Gasteiger partial charge in [-0.25, -0.2) is 4.98 Å². The Hall–Kier alpha value is -1.74. The lowest BCUT2D eigenvalue weighted by atomic mass is 9.98. The van der Waals surface area contributed by atoms with E-state index < -0.39 is 0 Å². The van der Waals surface area contributed by atoms with Crippen LogP contribution in [0.2, 0.25) is 5.02 Å². The molecule has 0 unspecified atom stereocenters. The van der Waals surface area contributed by atoms with Gasteiger partial charge in [-0.1, -0.05) is 43.6 Å². The van der Waals surface area contributed by atoms with Crippen molar-refractivity contribution in [3.05, 3.63) is 46.6 Å². The Morgan fingerprint density at radius 1 is 1.32 bits per heavy atom. The predicted molar refractivity (Wildman–Crippen MR) is 82.2 cm³/mol. The summed E-state index contributed by atoms with van der Waals surface area (Å²) in [7, 11) is 0. The molecule has 1 heterocycles. The number of para-hydroxylation sites is 1. The van der Waals surface area contributed by atoms with Gasteiger partial charge in [-0.05, 0) is 30.0 Å². The molecule has 1 aromatic heterocycles. The molecule has 0 fully saturated rings. The number of aromatic nitrogens is 1. The quantitative estimate of drug-likeness (QED) is 0.867. The lowest BCUT2D eigenvalue weighted by molar-refractivity contribution is 0.867. The van der Waals surface area contributed by atoms with E-state index in [0.717, 1.165) is 5.69 Å². The molecule has 0 saturated carbocycles. The molecule has 19 heavy (non-hydrogen) atoms. The van der Waals surface area contributed by atoms with E-state index in [9.17, 15) is 0 Å². The van der Waals surface area contributed by atoms with Gasteiger partial charge in [-0.2, -0.15) is 0 Å². The van der Waals surface area contributed by atoms with Crippen LogP contribution >= 0.6 is 11.6 Å². The summed E-state index contributed by atoms with van der Waals surface area (Å²) in [6.07, 6.45) is 1.60. The molecule has 0 aliphatic heterocycles. The van der Waals surface area contributed by atoms with Gasteiger partial charge in [-0.3, -0.25) is 0 Å². The van der Waals surface area contributed by atoms with E-state index in [1.807, 2.05) is 0 Å². The second-order valence-corrected chi connectivity index (χ2v) is 5.33. The van der Waals surface area contributed by atoms with E-state index in [1.165, 1.54) is 11.1 Å². The van der Waals surface area contributed by atoms with Crippen molar-refractivity contribution in [3.63, 3.8) is 0 Å². The van der Waals surface area contributed by atoms with Crippen molar-refractivity contribution in [2.24, 2.45) is 0 Å². The molecule has 0 aliphatic rings. The fourth-order valence-corrected chi connectivity index (χ4v) is 2.23. The Morgan fingerprint density at radius 2 is 2.05 bits per heavy atom. The molecule has 0 bridgehead atoms. The zero-order chi connectivity index (χ0) is 14.0. The summed E-state index contributed by atoms with van der Waals surface area (Å²) in [6, 6.07) is 7.95. The summed E-state index contributed by atoms with van der Waals surface area (Å²) < 4.78 is 0. The van der Waals surface area contributed by atoms with E-state index in [4.69, 9.17) is 17.3 Å². The van der Waals surface area contributed by atoms with Crippen LogP contribution in [0.15, 0.2) is 30.5 Å². The highest BCUT2D eigenvalue weighted by Gasteiger charge is 2.11. The summed E-state index contributed by atoms with van der Waals surface area (Å²) in [5.74, 6) is 1.06. The molecule has 100 valence electrons. The number of nitrogens with zero attached hydrogens (tertiary/aromatic N) is 1. The van der Waals surface area contributed by atoms with Gasteiger partial charge in [0, 0.05) is 5.69 Å². The number of benzene rings is 1. The number of rotatable bonds is 3. The Balaban J connectivity index is 2.43. The Bertz CT molecular complexity index is 594. The number of hydrogen-bond donors (Lipinski definition) is 2. The summed E-state index contributed by atoms with van der Waals surface area (Å²) >= 11 is 6.16. The summed E-state index contributed by atoms with van der Waals surface area (Å²) in [5, 5.41) is 3.84. The molecule has 0 aliphatic carbocycles. The average molecular weight is 276 g/mol. The minimum absolute atomic E-state index is 0.426. The van der Waals surface area contributed by atoms with Gasteiger partial charge in [0.1, 0.15) is 5.82 Å². The highest BCUT2D eigenvalue weighted by atomic mass is 35.5. The number of anilines is 3. The van der Waals surface area contributed by atoms with Crippen molar-refractivity contribution in [2.75, 3.05) is 11.1 Å². The van der Waals surface area contributed by atoms with Crippen molar-refractivity contribution in [1.29, 1.82) is 0 Å². The van der Waals surface area contributed by atoms with Gasteiger partial charge >= 0.3 is 0 Å². The molecule has 0 radical (unpaired) electrons. The van der Waals surface area contributed by atoms with Gasteiger partial charge in [-0.15, -0.1) is 0 Å². The summed E-state index contributed by atoms with van der Waals surface area (Å²) in [4.78, 5) is 4.25. The fourth-order valence-electron chi connectivity index (χ4n) is 2.01. The first-order chi connectivity index (χ1) is 8.99. The first-order valence-electron chi connectivity index (χ1n) is 6.26. The third kappa shape index (κ3) is 2.99. The third-order valence-corrected chi connectivity index (χ3v) is 3.32. The summed E-state index contributed by atoms with van der Waals surface area (Å²) in [5.41, 5.74) is 9.69. The van der Waals surface area contributed by atoms with E-state index in [2.05, 4.69) is 49.3 Å². The van der Waals surface area contributed by atoms with Crippen molar-refractivity contribution in [3.8, 4) is 0 Å². The van der Waals surface area contributed by atoms with Crippen molar-refractivity contribution in [1.82, 2.24) is 4.98 Å². The van der Waals surface area contributed by atoms with Gasteiger partial charge < -0.3 is 11.1 Å². The van der Waals surface area contributed by atoms with Gasteiger partial charge in [0.15, 0.2) is 0 Å². The molecule has 0 amide bonds. The standard InChI is InChI=1S/C15H18ClN3/c1-9(2)12-6-4-5-10(3)14(12)19-15-13(16)7-11(17)8-18-15/h4-9H,17H2,1-3H3,(H,18,19). The van der Waals surface area contributed by atoms with Gasteiger partial charge in [0.25, 0.3) is 0 Å². The number of aryl methyl sites for hydroxylation is 1. The average Bonchev–Trinajstić information content (AvgIpc) is 2.34. The second kappa shape index (κ2) is 5.49. The lowest BCUT2D eigenvalue weighted by Crippen LogP contribution is -2.02. The molecule has 3 nitrogen and oxygen atoms in total. The Labute approximate surface area is 118 Å². The van der Waals surface area contributed by atoms with Gasteiger partial charge in [0.2, 0.25) is 0 Å². The molecule has 3 N–H and O–H groups in total. The maximum absolute atomic E-state index is 6.16. The molecule has 0 spiro atoms. The van der Waals surface area contributed by atoms with Crippen LogP contribution in [0, 0.1) is 6.92 Å². The van der Waals surface area contributed by atoms with Crippen LogP contribution in [0.25, 0.3) is 0 Å². The number of nitrogen functional groups attached to an aromatic ring is 1. The minimum atomic E-state index is 0.426. The maximum Gasteiger partial charge on any atom is 0.149 e. The first kappa shape index (κ1) is 13.7. The number of nitrogens with one attached hydrogen (secondary N) is 1. The van der Waals surface area contributed by atoms with Crippen LogP contribution in [-0.2, 0) is 0 Å². The van der Waals surface area contributed by atoms with Crippen LogP contribution in [0.3, 0.4) is 0 Å². The van der Waals surface area contributed by atoms with E-state index in [1.54, 1.807) is 12.3 Å². The van der Waals surface area contributed by atoms with Crippen molar-refractivity contribution >= 4 is 28.8 Å².